The predicted octanol–water partition coefficient (Wildman–Crippen LogP) is 2.63. The summed E-state index contributed by atoms with van der Waals surface area (Å²) in [6, 6.07) is 6.58. The summed E-state index contributed by atoms with van der Waals surface area (Å²) in [5.74, 6) is -0.340. The van der Waals surface area contributed by atoms with Crippen LogP contribution in [0.2, 0.25) is 0 Å². The van der Waals surface area contributed by atoms with Gasteiger partial charge in [0.25, 0.3) is 0 Å². The molecule has 0 radical (unpaired) electrons. The zero-order valence-electron chi connectivity index (χ0n) is 16.2. The van der Waals surface area contributed by atoms with E-state index < -0.39 is 5.67 Å². The number of nitrogens with zero attached hydrogens (tertiary/aromatic N) is 2. The summed E-state index contributed by atoms with van der Waals surface area (Å²) in [4.78, 5) is 16.4. The molecule has 3 atom stereocenters. The highest BCUT2D eigenvalue weighted by atomic mass is 19.1. The van der Waals surface area contributed by atoms with Gasteiger partial charge < -0.3 is 15.1 Å². The van der Waals surface area contributed by atoms with Gasteiger partial charge in [-0.15, -0.1) is 0 Å². The van der Waals surface area contributed by atoms with E-state index in [1.54, 1.807) is 36.4 Å². The normalized spacial score (nSPS) is 30.2. The fraction of sp³-hybridized carbons (Fsp3) is 0.500. The van der Waals surface area contributed by atoms with Crippen molar-refractivity contribution in [1.29, 1.82) is 0 Å². The molecule has 2 fully saturated rings. The lowest BCUT2D eigenvalue weighted by Crippen LogP contribution is -2.49. The van der Waals surface area contributed by atoms with Crippen molar-refractivity contribution in [2.45, 2.75) is 24.6 Å². The number of hydrogen-bond acceptors (Lipinski definition) is 3. The maximum absolute atomic E-state index is 15.4. The van der Waals surface area contributed by atoms with Crippen molar-refractivity contribution < 1.29 is 13.6 Å². The average molecular weight is 387 g/mol. The second kappa shape index (κ2) is 7.76. The third kappa shape index (κ3) is 4.03. The molecule has 6 heteroatoms. The minimum atomic E-state index is -1.43. The Morgan fingerprint density at radius 2 is 2.00 bits per heavy atom. The van der Waals surface area contributed by atoms with Gasteiger partial charge in [0, 0.05) is 50.1 Å². The number of alkyl halides is 1. The molecule has 3 aliphatic rings. The Balaban J connectivity index is 1.28. The first-order valence-corrected chi connectivity index (χ1v) is 9.99. The Morgan fingerprint density at radius 3 is 2.68 bits per heavy atom. The summed E-state index contributed by atoms with van der Waals surface area (Å²) < 4.78 is 29.3. The van der Waals surface area contributed by atoms with E-state index in [1.807, 2.05) is 4.90 Å². The third-order valence-corrected chi connectivity index (χ3v) is 6.14. The van der Waals surface area contributed by atoms with Crippen molar-refractivity contribution >= 4 is 11.5 Å². The second-order valence-corrected chi connectivity index (χ2v) is 8.12. The zero-order chi connectivity index (χ0) is 19.7. The first-order chi connectivity index (χ1) is 13.5. The smallest absolute Gasteiger partial charge is 0.236 e. The van der Waals surface area contributed by atoms with Crippen molar-refractivity contribution in [2.24, 2.45) is 5.92 Å². The molecule has 1 saturated heterocycles. The number of nitrogens with one attached hydrogen (secondary N) is 1. The van der Waals surface area contributed by atoms with Crippen molar-refractivity contribution in [2.75, 3.05) is 39.8 Å². The average Bonchev–Trinajstić information content (AvgIpc) is 3.49. The zero-order valence-corrected chi connectivity index (χ0v) is 16.2. The van der Waals surface area contributed by atoms with E-state index in [2.05, 4.69) is 17.3 Å². The molecular formula is C22H27F2N3O. The van der Waals surface area contributed by atoms with Gasteiger partial charge in [-0.05, 0) is 31.2 Å². The summed E-state index contributed by atoms with van der Waals surface area (Å²) in [6.07, 6.45) is 6.00. The van der Waals surface area contributed by atoms with E-state index in [0.717, 1.165) is 38.2 Å². The van der Waals surface area contributed by atoms with E-state index in [4.69, 9.17) is 0 Å². The van der Waals surface area contributed by atoms with Crippen LogP contribution in [0.5, 0.6) is 0 Å². The summed E-state index contributed by atoms with van der Waals surface area (Å²) in [5.41, 5.74) is -0.200. The van der Waals surface area contributed by atoms with E-state index in [9.17, 15) is 9.18 Å². The van der Waals surface area contributed by atoms with Gasteiger partial charge in [0.2, 0.25) is 5.91 Å². The van der Waals surface area contributed by atoms with Gasteiger partial charge in [-0.2, -0.15) is 0 Å². The van der Waals surface area contributed by atoms with E-state index >= 15 is 4.39 Å². The van der Waals surface area contributed by atoms with Gasteiger partial charge in [0.15, 0.2) is 0 Å². The number of likely N-dealkylation sites (N-methyl/N-ethyl adjacent to an activating group) is 1. The minimum absolute atomic E-state index is 0.0227. The number of carbonyl (C=O) groups excluding carboxylic acids is 1. The van der Waals surface area contributed by atoms with Crippen LogP contribution < -0.4 is 5.32 Å². The van der Waals surface area contributed by atoms with Crippen LogP contribution in [0.1, 0.15) is 18.4 Å². The fourth-order valence-electron chi connectivity index (χ4n) is 4.14. The molecule has 0 bridgehead atoms. The highest BCUT2D eigenvalue weighted by Crippen LogP contribution is 2.48. The highest BCUT2D eigenvalue weighted by Gasteiger charge is 2.52. The van der Waals surface area contributed by atoms with Crippen LogP contribution in [-0.4, -0.2) is 67.2 Å². The summed E-state index contributed by atoms with van der Waals surface area (Å²) >= 11 is 0. The summed E-state index contributed by atoms with van der Waals surface area (Å²) in [7, 11) is 2.05. The van der Waals surface area contributed by atoms with E-state index in [1.165, 1.54) is 6.07 Å². The number of halogens is 2. The maximum atomic E-state index is 15.4. The number of rotatable bonds is 5. The topological polar surface area (TPSA) is 35.6 Å². The molecule has 1 aromatic rings. The molecule has 4 nitrogen and oxygen atoms in total. The molecular weight excluding hydrogens is 360 g/mol. The first kappa shape index (κ1) is 19.3. The predicted molar refractivity (Wildman–Crippen MR) is 106 cm³/mol. The molecule has 28 heavy (non-hydrogen) atoms. The van der Waals surface area contributed by atoms with Gasteiger partial charge in [-0.25, -0.2) is 8.78 Å². The Kier molecular flexibility index (Phi) is 5.34. The molecule has 1 aliphatic heterocycles. The lowest BCUT2D eigenvalue weighted by Gasteiger charge is -2.32. The Labute approximate surface area is 164 Å². The van der Waals surface area contributed by atoms with Crippen molar-refractivity contribution in [3.05, 3.63) is 53.9 Å². The number of hydrogen-bond donors (Lipinski definition) is 1. The minimum Gasteiger partial charge on any atom is -0.339 e. The van der Waals surface area contributed by atoms with Crippen LogP contribution in [0, 0.1) is 11.7 Å². The van der Waals surface area contributed by atoms with Gasteiger partial charge in [-0.1, -0.05) is 30.4 Å². The number of benzene rings is 1. The number of allylic oxidation sites excluding steroid dienone is 4. The van der Waals surface area contributed by atoms with Crippen molar-refractivity contribution in [3.63, 3.8) is 0 Å². The molecule has 0 spiro atoms. The highest BCUT2D eigenvalue weighted by molar-refractivity contribution is 5.78. The summed E-state index contributed by atoms with van der Waals surface area (Å²) in [5, 5.41) is 3.23. The van der Waals surface area contributed by atoms with Crippen LogP contribution in [0.15, 0.2) is 42.5 Å². The molecule has 4 rings (SSSR count). The lowest BCUT2D eigenvalue weighted by atomic mass is 9.87. The monoisotopic (exact) mass is 387 g/mol. The largest absolute Gasteiger partial charge is 0.339 e. The van der Waals surface area contributed by atoms with Gasteiger partial charge >= 0.3 is 0 Å². The van der Waals surface area contributed by atoms with E-state index in [-0.39, 0.29) is 36.6 Å². The van der Waals surface area contributed by atoms with Gasteiger partial charge in [-0.3, -0.25) is 4.79 Å². The van der Waals surface area contributed by atoms with Crippen molar-refractivity contribution in [1.82, 2.24) is 15.1 Å². The van der Waals surface area contributed by atoms with Crippen LogP contribution in [0.4, 0.5) is 8.78 Å². The Hall–Kier alpha value is -2.05. The Bertz CT molecular complexity index is 801. The standard InChI is InChI=1S/C22H27F2N3O/c1-26-10-12-27(13-11-26)21(28)15-25-20-14-18(20)22(24)8-6-16(7-9-22)17-4-2-3-5-19(17)23/h2-8,18,20,25H,9-15H2,1H3/t18-,20-,22?/m1/s1. The molecule has 0 aromatic heterocycles. The second-order valence-electron chi connectivity index (χ2n) is 8.12. The number of piperazine rings is 1. The fourth-order valence-corrected chi connectivity index (χ4v) is 4.14. The molecule has 1 aromatic carbocycles. The van der Waals surface area contributed by atoms with Crippen LogP contribution in [-0.2, 0) is 4.79 Å². The first-order valence-electron chi connectivity index (χ1n) is 9.99. The SMILES string of the molecule is CN1CCN(C(=O)CN[C@@H]2C[C@H]2C2(F)C=CC(c3ccccc3F)=CC2)CC1. The quantitative estimate of drug-likeness (QED) is 0.844. The number of amides is 1. The number of carbonyl (C=O) groups is 1. The van der Waals surface area contributed by atoms with Crippen LogP contribution >= 0.6 is 0 Å². The molecule has 1 N–H and O–H groups in total. The molecule has 1 unspecified atom stereocenters. The van der Waals surface area contributed by atoms with Crippen molar-refractivity contribution in [3.8, 4) is 0 Å². The van der Waals surface area contributed by atoms with Gasteiger partial charge in [0.05, 0.1) is 6.54 Å². The maximum Gasteiger partial charge on any atom is 0.236 e. The summed E-state index contributed by atoms with van der Waals surface area (Å²) in [6.45, 7) is 3.57. The third-order valence-electron chi connectivity index (χ3n) is 6.14. The molecule has 1 saturated carbocycles. The van der Waals surface area contributed by atoms with Crippen LogP contribution in [0.3, 0.4) is 0 Å². The Morgan fingerprint density at radius 1 is 1.25 bits per heavy atom. The molecule has 1 amide bonds. The van der Waals surface area contributed by atoms with E-state index in [0.29, 0.717) is 5.56 Å². The lowest BCUT2D eigenvalue weighted by molar-refractivity contribution is -0.131. The molecule has 2 aliphatic carbocycles. The molecule has 1 heterocycles. The van der Waals surface area contributed by atoms with Crippen LogP contribution in [0.25, 0.3) is 5.57 Å². The molecule has 150 valence electrons. The van der Waals surface area contributed by atoms with Gasteiger partial charge in [0.1, 0.15) is 11.5 Å².